The van der Waals surface area contributed by atoms with Crippen LogP contribution in [0.2, 0.25) is 0 Å². The molecule has 1 heteroatoms. The minimum absolute atomic E-state index is 0.734. The van der Waals surface area contributed by atoms with E-state index in [1.54, 1.807) is 0 Å². The molecule has 0 aliphatic carbocycles. The standard InChI is InChI=1S/C18H35N/c1-3-4-5-6-7-8-9-10-11-12-13-14-15-16-17-18-19-2/h3-18H2,1H3. The molecule has 0 aliphatic heterocycles. The smallest absolute Gasteiger partial charge is 0.214 e. The van der Waals surface area contributed by atoms with Gasteiger partial charge < -0.3 is 4.85 Å². The van der Waals surface area contributed by atoms with Crippen molar-refractivity contribution in [3.05, 3.63) is 11.4 Å². The first-order chi connectivity index (χ1) is 9.41. The Bertz CT molecular complexity index is 192. The molecule has 0 saturated carbocycles. The highest BCUT2D eigenvalue weighted by Crippen LogP contribution is 2.13. The van der Waals surface area contributed by atoms with Crippen LogP contribution in [0.3, 0.4) is 0 Å². The quantitative estimate of drug-likeness (QED) is 0.227. The van der Waals surface area contributed by atoms with Gasteiger partial charge >= 0.3 is 0 Å². The van der Waals surface area contributed by atoms with Crippen LogP contribution in [0.15, 0.2) is 0 Å². The molecule has 0 aromatic carbocycles. The van der Waals surface area contributed by atoms with Crippen LogP contribution in [0, 0.1) is 6.57 Å². The van der Waals surface area contributed by atoms with Gasteiger partial charge in [0.1, 0.15) is 0 Å². The lowest BCUT2D eigenvalue weighted by Gasteiger charge is -2.02. The molecule has 0 spiro atoms. The van der Waals surface area contributed by atoms with Crippen LogP contribution >= 0.6 is 0 Å². The van der Waals surface area contributed by atoms with E-state index < -0.39 is 0 Å². The third-order valence-corrected chi connectivity index (χ3v) is 3.87. The van der Waals surface area contributed by atoms with Gasteiger partial charge in [0.15, 0.2) is 0 Å². The van der Waals surface area contributed by atoms with E-state index in [-0.39, 0.29) is 0 Å². The summed E-state index contributed by atoms with van der Waals surface area (Å²) in [5, 5.41) is 0. The fourth-order valence-electron chi connectivity index (χ4n) is 2.56. The first-order valence-corrected chi connectivity index (χ1v) is 8.75. The van der Waals surface area contributed by atoms with Crippen LogP contribution in [-0.4, -0.2) is 6.54 Å². The molecule has 0 bridgehead atoms. The number of hydrogen-bond acceptors (Lipinski definition) is 0. The van der Waals surface area contributed by atoms with Gasteiger partial charge in [-0.05, 0) is 6.42 Å². The predicted octanol–water partition coefficient (Wildman–Crippen LogP) is 6.78. The van der Waals surface area contributed by atoms with Crippen molar-refractivity contribution >= 4 is 0 Å². The van der Waals surface area contributed by atoms with Gasteiger partial charge in [0.2, 0.25) is 6.54 Å². The number of unbranched alkanes of at least 4 members (excludes halogenated alkanes) is 14. The third kappa shape index (κ3) is 17.5. The van der Waals surface area contributed by atoms with Gasteiger partial charge in [-0.25, -0.2) is 6.57 Å². The number of nitrogens with zero attached hydrogens (tertiary/aromatic N) is 1. The summed E-state index contributed by atoms with van der Waals surface area (Å²) in [7, 11) is 0. The topological polar surface area (TPSA) is 4.36 Å². The van der Waals surface area contributed by atoms with E-state index in [4.69, 9.17) is 6.57 Å². The van der Waals surface area contributed by atoms with Crippen molar-refractivity contribution in [3.63, 3.8) is 0 Å². The normalized spacial score (nSPS) is 10.5. The lowest BCUT2D eigenvalue weighted by atomic mass is 10.0. The zero-order chi connectivity index (χ0) is 14.0. The van der Waals surface area contributed by atoms with Crippen molar-refractivity contribution < 1.29 is 0 Å². The molecule has 19 heavy (non-hydrogen) atoms. The summed E-state index contributed by atoms with van der Waals surface area (Å²) in [4.78, 5) is 3.38. The molecule has 0 unspecified atom stereocenters. The van der Waals surface area contributed by atoms with Crippen LogP contribution in [0.5, 0.6) is 0 Å². The van der Waals surface area contributed by atoms with Gasteiger partial charge in [-0.1, -0.05) is 90.4 Å². The molecule has 0 N–H and O–H groups in total. The average molecular weight is 265 g/mol. The minimum atomic E-state index is 0.734. The molecule has 0 amide bonds. The molecular weight excluding hydrogens is 230 g/mol. The second-order valence-corrected chi connectivity index (χ2v) is 5.83. The van der Waals surface area contributed by atoms with E-state index in [1.807, 2.05) is 0 Å². The van der Waals surface area contributed by atoms with Crippen LogP contribution in [0.25, 0.3) is 4.85 Å². The van der Waals surface area contributed by atoms with Gasteiger partial charge in [-0.3, -0.25) is 0 Å². The second-order valence-electron chi connectivity index (χ2n) is 5.83. The Hall–Kier alpha value is -0.510. The van der Waals surface area contributed by atoms with Crippen molar-refractivity contribution in [2.24, 2.45) is 0 Å². The summed E-state index contributed by atoms with van der Waals surface area (Å²) in [6.45, 7) is 9.72. The van der Waals surface area contributed by atoms with Crippen molar-refractivity contribution in [1.82, 2.24) is 0 Å². The monoisotopic (exact) mass is 265 g/mol. The number of rotatable bonds is 15. The molecule has 0 heterocycles. The molecule has 0 atom stereocenters. The second kappa shape index (κ2) is 17.5. The molecule has 1 nitrogen and oxygen atoms in total. The lowest BCUT2D eigenvalue weighted by Crippen LogP contribution is -1.84. The Morgan fingerprint density at radius 3 is 1.16 bits per heavy atom. The first kappa shape index (κ1) is 18.5. The molecule has 0 aromatic rings. The zero-order valence-corrected chi connectivity index (χ0v) is 13.3. The Morgan fingerprint density at radius 2 is 0.842 bits per heavy atom. The van der Waals surface area contributed by atoms with Gasteiger partial charge in [0.25, 0.3) is 0 Å². The fourth-order valence-corrected chi connectivity index (χ4v) is 2.56. The maximum Gasteiger partial charge on any atom is 0.214 e. The van der Waals surface area contributed by atoms with Crippen LogP contribution in [0.1, 0.15) is 103 Å². The third-order valence-electron chi connectivity index (χ3n) is 3.87. The minimum Gasteiger partial charge on any atom is -0.317 e. The van der Waals surface area contributed by atoms with Crippen LogP contribution < -0.4 is 0 Å². The van der Waals surface area contributed by atoms with Crippen LogP contribution in [-0.2, 0) is 0 Å². The maximum atomic E-state index is 6.70. The Balaban J connectivity index is 2.90. The molecule has 0 saturated heterocycles. The molecule has 0 rings (SSSR count). The van der Waals surface area contributed by atoms with E-state index >= 15 is 0 Å². The Labute approximate surface area is 122 Å². The van der Waals surface area contributed by atoms with E-state index in [0.717, 1.165) is 13.0 Å². The van der Waals surface area contributed by atoms with Crippen molar-refractivity contribution in [1.29, 1.82) is 0 Å². The van der Waals surface area contributed by atoms with E-state index in [0.29, 0.717) is 0 Å². The fraction of sp³-hybridized carbons (Fsp3) is 0.944. The summed E-state index contributed by atoms with van der Waals surface area (Å²) in [5.74, 6) is 0. The maximum absolute atomic E-state index is 6.70. The highest BCUT2D eigenvalue weighted by Gasteiger charge is 1.94. The van der Waals surface area contributed by atoms with Gasteiger partial charge in [-0.15, -0.1) is 0 Å². The largest absolute Gasteiger partial charge is 0.317 e. The predicted molar refractivity (Wildman–Crippen MR) is 86.4 cm³/mol. The van der Waals surface area contributed by atoms with Crippen molar-refractivity contribution in [2.75, 3.05) is 6.54 Å². The summed E-state index contributed by atoms with van der Waals surface area (Å²) in [5.41, 5.74) is 0. The lowest BCUT2D eigenvalue weighted by molar-refractivity contribution is 0.534. The summed E-state index contributed by atoms with van der Waals surface area (Å²) >= 11 is 0. The van der Waals surface area contributed by atoms with Crippen LogP contribution in [0.4, 0.5) is 0 Å². The summed E-state index contributed by atoms with van der Waals surface area (Å²) in [6, 6.07) is 0. The van der Waals surface area contributed by atoms with Crippen molar-refractivity contribution in [2.45, 2.75) is 103 Å². The first-order valence-electron chi connectivity index (χ1n) is 8.75. The zero-order valence-electron chi connectivity index (χ0n) is 13.3. The Morgan fingerprint density at radius 1 is 0.526 bits per heavy atom. The molecule has 0 fully saturated rings. The van der Waals surface area contributed by atoms with E-state index in [2.05, 4.69) is 11.8 Å². The SMILES string of the molecule is [C-]#[N+]CCCCCCCCCCCCCCCCC. The molecule has 0 radical (unpaired) electrons. The molecule has 112 valence electrons. The summed E-state index contributed by atoms with van der Waals surface area (Å²) < 4.78 is 0. The average Bonchev–Trinajstić information content (AvgIpc) is 2.43. The van der Waals surface area contributed by atoms with Gasteiger partial charge in [0.05, 0.1) is 0 Å². The highest BCUT2D eigenvalue weighted by molar-refractivity contribution is 4.58. The highest BCUT2D eigenvalue weighted by atomic mass is 14.6. The Kier molecular flexibility index (Phi) is 17.0. The van der Waals surface area contributed by atoms with Gasteiger partial charge in [-0.2, -0.15) is 0 Å². The van der Waals surface area contributed by atoms with Gasteiger partial charge in [0, 0.05) is 6.42 Å². The molecule has 0 aromatic heterocycles. The molecule has 0 aliphatic rings. The molecular formula is C18H35N. The van der Waals surface area contributed by atoms with E-state index in [1.165, 1.54) is 89.9 Å². The van der Waals surface area contributed by atoms with E-state index in [9.17, 15) is 0 Å². The van der Waals surface area contributed by atoms with Crippen molar-refractivity contribution in [3.8, 4) is 0 Å². The number of hydrogen-bond donors (Lipinski definition) is 0. The summed E-state index contributed by atoms with van der Waals surface area (Å²) in [6.07, 6.45) is 20.9.